The molecule has 0 unspecified atom stereocenters. The molecule has 2 aromatic heterocycles. The van der Waals surface area contributed by atoms with Gasteiger partial charge in [0, 0.05) is 36.7 Å². The number of rotatable bonds is 6. The normalized spacial score (nSPS) is 18.1. The molecule has 0 atom stereocenters. The molecular weight excluding hydrogens is 422 g/mol. The second-order valence-corrected chi connectivity index (χ2v) is 8.32. The van der Waals surface area contributed by atoms with Gasteiger partial charge in [-0.2, -0.15) is 5.10 Å². The van der Waals surface area contributed by atoms with E-state index in [4.69, 9.17) is 14.8 Å². The summed E-state index contributed by atoms with van der Waals surface area (Å²) >= 11 is 0. The van der Waals surface area contributed by atoms with Gasteiger partial charge in [-0.3, -0.25) is 14.4 Å². The number of nitrogens with one attached hydrogen (secondary N) is 1. The Morgan fingerprint density at radius 2 is 2.03 bits per heavy atom. The highest BCUT2D eigenvalue weighted by Crippen LogP contribution is 2.31. The molecule has 0 bridgehead atoms. The molecule has 2 fully saturated rings. The summed E-state index contributed by atoms with van der Waals surface area (Å²) in [5.74, 6) is 0.0680. The molecule has 2 aliphatic rings. The third-order valence-corrected chi connectivity index (χ3v) is 6.42. The van der Waals surface area contributed by atoms with Crippen molar-refractivity contribution in [3.63, 3.8) is 0 Å². The number of aldehydes is 1. The Hall–Kier alpha value is -3.01. The third-order valence-electron chi connectivity index (χ3n) is 6.42. The van der Waals surface area contributed by atoms with Crippen molar-refractivity contribution in [2.45, 2.75) is 38.3 Å². The zero-order chi connectivity index (χ0) is 23.4. The number of aromatic nitrogens is 3. The number of piperidine rings is 1. The topological polar surface area (TPSA) is 116 Å². The molecule has 0 saturated carbocycles. The number of hydrogen-bond acceptors (Lipinski definition) is 7. The maximum atomic E-state index is 11.2. The average molecular weight is 454 g/mol. The van der Waals surface area contributed by atoms with E-state index in [-0.39, 0.29) is 5.88 Å². The average Bonchev–Trinajstić information content (AvgIpc) is 3.41. The lowest BCUT2D eigenvalue weighted by atomic mass is 10.0. The fourth-order valence-corrected chi connectivity index (χ4v) is 4.56. The molecule has 5 rings (SSSR count). The predicted molar refractivity (Wildman–Crippen MR) is 127 cm³/mol. The van der Waals surface area contributed by atoms with Crippen LogP contribution < -0.4 is 0 Å². The monoisotopic (exact) mass is 453 g/mol. The number of nitrogens with zero attached hydrogens (tertiary/aromatic N) is 4. The minimum absolute atomic E-state index is 0.0680. The molecule has 3 aromatic rings. The molecule has 2 saturated heterocycles. The number of likely N-dealkylation sites (tertiary alicyclic amines) is 1. The number of aliphatic hydroxyl groups is 1. The van der Waals surface area contributed by atoms with Crippen LogP contribution in [0.4, 0.5) is 5.69 Å². The Labute approximate surface area is 192 Å². The molecule has 9 nitrogen and oxygen atoms in total. The smallest absolute Gasteiger partial charge is 0.198 e. The van der Waals surface area contributed by atoms with Gasteiger partial charge in [-0.05, 0) is 37.5 Å². The second kappa shape index (κ2) is 10.3. The van der Waals surface area contributed by atoms with Gasteiger partial charge in [-0.25, -0.2) is 4.99 Å². The summed E-state index contributed by atoms with van der Waals surface area (Å²) in [5, 5.41) is 22.9. The van der Waals surface area contributed by atoms with Gasteiger partial charge in [0.05, 0.1) is 49.0 Å². The van der Waals surface area contributed by atoms with E-state index in [0.29, 0.717) is 29.6 Å². The zero-order valence-electron chi connectivity index (χ0n) is 19.1. The van der Waals surface area contributed by atoms with Gasteiger partial charge in [0.25, 0.3) is 0 Å². The van der Waals surface area contributed by atoms with Crippen LogP contribution in [0.3, 0.4) is 0 Å². The highest BCUT2D eigenvalue weighted by atomic mass is 16.5. The molecule has 9 heteroatoms. The highest BCUT2D eigenvalue weighted by Gasteiger charge is 2.30. The van der Waals surface area contributed by atoms with Crippen molar-refractivity contribution in [2.24, 2.45) is 4.99 Å². The number of aromatic hydroxyl groups is 1. The minimum atomic E-state index is 0.0680. The molecule has 4 heterocycles. The number of fused-ring (bicyclic) bond motifs is 1. The number of aromatic amines is 1. The lowest BCUT2D eigenvalue weighted by Crippen LogP contribution is -2.51. The Balaban J connectivity index is 0.00000126. The summed E-state index contributed by atoms with van der Waals surface area (Å²) in [6.45, 7) is 5.87. The van der Waals surface area contributed by atoms with Crippen molar-refractivity contribution >= 4 is 28.6 Å². The van der Waals surface area contributed by atoms with Crippen LogP contribution in [0.15, 0.2) is 35.6 Å². The fraction of sp³-hybridized carbons (Fsp3) is 0.458. The van der Waals surface area contributed by atoms with Crippen LogP contribution >= 0.6 is 0 Å². The zero-order valence-corrected chi connectivity index (χ0v) is 19.1. The number of aliphatic imine (C=N–C) groups is 1. The van der Waals surface area contributed by atoms with Crippen molar-refractivity contribution in [2.75, 3.05) is 33.4 Å². The molecule has 176 valence electrons. The number of hydrogen-bond donors (Lipinski definition) is 3. The van der Waals surface area contributed by atoms with Crippen LogP contribution in [0, 0.1) is 0 Å². The first-order valence-corrected chi connectivity index (χ1v) is 11.3. The SMILES string of the molecule is CCC(=Nc1cnn(C2CCN(C3COC3)CC2)c1)c1c(O)[nH]c2ccc(C=O)cc12.CO. The van der Waals surface area contributed by atoms with Crippen molar-refractivity contribution in [3.8, 4) is 5.88 Å². The van der Waals surface area contributed by atoms with Gasteiger partial charge in [-0.15, -0.1) is 0 Å². The molecule has 33 heavy (non-hydrogen) atoms. The van der Waals surface area contributed by atoms with Crippen molar-refractivity contribution in [1.29, 1.82) is 0 Å². The molecule has 2 aliphatic heterocycles. The summed E-state index contributed by atoms with van der Waals surface area (Å²) in [5.41, 5.74) is 3.51. The lowest BCUT2D eigenvalue weighted by Gasteiger charge is -2.41. The number of carbonyl (C=O) groups is 1. The Kier molecular flexibility index (Phi) is 7.22. The van der Waals surface area contributed by atoms with Gasteiger partial charge < -0.3 is 19.9 Å². The molecule has 3 N–H and O–H groups in total. The summed E-state index contributed by atoms with van der Waals surface area (Å²) in [7, 11) is 1.00. The number of carbonyl (C=O) groups excluding carboxylic acids is 1. The Bertz CT molecular complexity index is 1120. The van der Waals surface area contributed by atoms with Gasteiger partial charge in [0.1, 0.15) is 12.0 Å². The van der Waals surface area contributed by atoms with Gasteiger partial charge in [-0.1, -0.05) is 6.92 Å². The molecule has 0 amide bonds. The summed E-state index contributed by atoms with van der Waals surface area (Å²) in [4.78, 5) is 21.5. The summed E-state index contributed by atoms with van der Waals surface area (Å²) < 4.78 is 7.35. The number of ether oxygens (including phenoxy) is 1. The maximum absolute atomic E-state index is 11.2. The number of benzene rings is 1. The van der Waals surface area contributed by atoms with E-state index in [2.05, 4.69) is 15.0 Å². The van der Waals surface area contributed by atoms with E-state index in [9.17, 15) is 9.90 Å². The molecule has 1 aromatic carbocycles. The minimum Gasteiger partial charge on any atom is -0.494 e. The third kappa shape index (κ3) is 4.71. The van der Waals surface area contributed by atoms with E-state index in [1.54, 1.807) is 24.4 Å². The van der Waals surface area contributed by atoms with Crippen LogP contribution in [0.1, 0.15) is 48.1 Å². The molecule has 0 radical (unpaired) electrons. The molecule has 0 aliphatic carbocycles. The first-order valence-electron chi connectivity index (χ1n) is 11.3. The molecule has 0 spiro atoms. The van der Waals surface area contributed by atoms with Crippen LogP contribution in [0.2, 0.25) is 0 Å². The summed E-state index contributed by atoms with van der Waals surface area (Å²) in [6.07, 6.45) is 7.36. The largest absolute Gasteiger partial charge is 0.494 e. The maximum Gasteiger partial charge on any atom is 0.198 e. The Morgan fingerprint density at radius 1 is 1.27 bits per heavy atom. The Morgan fingerprint density at radius 3 is 2.67 bits per heavy atom. The standard InChI is InChI=1S/C23H27N5O3.CH4O/c1-2-20(22-19-9-15(12-29)3-4-21(19)26-23(22)30)25-16-10-24-28(11-16)17-5-7-27(8-6-17)18-13-31-14-18;1-2/h3-4,9-12,17-18,26,30H,2,5-8,13-14H2,1H3;2H,1H3. The van der Waals surface area contributed by atoms with Gasteiger partial charge in [0.15, 0.2) is 5.88 Å². The van der Waals surface area contributed by atoms with Gasteiger partial charge in [0.2, 0.25) is 0 Å². The van der Waals surface area contributed by atoms with E-state index < -0.39 is 0 Å². The van der Waals surface area contributed by atoms with Crippen molar-refractivity contribution < 1.29 is 19.7 Å². The summed E-state index contributed by atoms with van der Waals surface area (Å²) in [6, 6.07) is 6.28. The van der Waals surface area contributed by atoms with Gasteiger partial charge >= 0.3 is 0 Å². The number of H-pyrrole nitrogens is 1. The lowest BCUT2D eigenvalue weighted by molar-refractivity contribution is -0.0734. The first kappa shape index (κ1) is 23.2. The van der Waals surface area contributed by atoms with Crippen molar-refractivity contribution in [1.82, 2.24) is 19.7 Å². The van der Waals surface area contributed by atoms with E-state index in [1.807, 2.05) is 17.8 Å². The van der Waals surface area contributed by atoms with Crippen LogP contribution in [0.5, 0.6) is 5.88 Å². The number of aliphatic hydroxyl groups excluding tert-OH is 1. The van der Waals surface area contributed by atoms with Crippen molar-refractivity contribution in [3.05, 3.63) is 41.7 Å². The quantitative estimate of drug-likeness (QED) is 0.390. The van der Waals surface area contributed by atoms with E-state index in [1.165, 1.54) is 0 Å². The van der Waals surface area contributed by atoms with E-state index in [0.717, 1.165) is 74.8 Å². The molecular formula is C24H31N5O4. The predicted octanol–water partition coefficient (Wildman–Crippen LogP) is 3.06. The highest BCUT2D eigenvalue weighted by molar-refractivity contribution is 6.14. The second-order valence-electron chi connectivity index (χ2n) is 8.32. The fourth-order valence-electron chi connectivity index (χ4n) is 4.56. The van der Waals surface area contributed by atoms with Crippen LogP contribution in [-0.4, -0.2) is 81.3 Å². The van der Waals surface area contributed by atoms with Crippen LogP contribution in [0.25, 0.3) is 10.9 Å². The first-order chi connectivity index (χ1) is 16.2. The van der Waals surface area contributed by atoms with Crippen LogP contribution in [-0.2, 0) is 4.74 Å². The van der Waals surface area contributed by atoms with E-state index >= 15 is 0 Å².